The van der Waals surface area contributed by atoms with Crippen LogP contribution in [0.4, 0.5) is 19.3 Å². The quantitative estimate of drug-likeness (QED) is 0.697. The molecule has 0 fully saturated rings. The van der Waals surface area contributed by atoms with E-state index in [2.05, 4.69) is 11.9 Å². The Balaban J connectivity index is 3.05. The minimum Gasteiger partial charge on any atom is -0.478 e. The molecule has 0 atom stereocenters. The standard InChI is InChI=1S/C13H14F2N2O4/c1-2-3-17(4-5-18)13(21)16-11-7-10(15)9(14)6-8(11)12(19)20/h2,6-7,18H,1,3-5H2,(H,16,21)(H,19,20). The number of nitrogens with one attached hydrogen (secondary N) is 1. The summed E-state index contributed by atoms with van der Waals surface area (Å²) < 4.78 is 26.2. The lowest BCUT2D eigenvalue weighted by atomic mass is 10.1. The van der Waals surface area contributed by atoms with Crippen LogP contribution in [-0.4, -0.2) is 46.8 Å². The van der Waals surface area contributed by atoms with Gasteiger partial charge in [0.1, 0.15) is 0 Å². The fourth-order valence-corrected chi connectivity index (χ4v) is 1.57. The minimum atomic E-state index is -1.51. The van der Waals surface area contributed by atoms with Gasteiger partial charge in [-0.25, -0.2) is 18.4 Å². The van der Waals surface area contributed by atoms with Crippen molar-refractivity contribution in [1.82, 2.24) is 4.90 Å². The van der Waals surface area contributed by atoms with Crippen molar-refractivity contribution in [1.29, 1.82) is 0 Å². The molecule has 2 amide bonds. The van der Waals surface area contributed by atoms with E-state index in [0.29, 0.717) is 12.1 Å². The third kappa shape index (κ3) is 4.25. The average Bonchev–Trinajstić information content (AvgIpc) is 2.42. The maximum absolute atomic E-state index is 13.2. The van der Waals surface area contributed by atoms with Crippen LogP contribution in [0.15, 0.2) is 24.8 Å². The molecule has 0 heterocycles. The number of amides is 2. The fraction of sp³-hybridized carbons (Fsp3) is 0.231. The van der Waals surface area contributed by atoms with Crippen LogP contribution in [0.25, 0.3) is 0 Å². The van der Waals surface area contributed by atoms with Crippen LogP contribution in [-0.2, 0) is 0 Å². The van der Waals surface area contributed by atoms with E-state index in [1.165, 1.54) is 6.08 Å². The molecule has 1 aromatic carbocycles. The Hall–Kier alpha value is -2.48. The summed E-state index contributed by atoms with van der Waals surface area (Å²) in [6.07, 6.45) is 1.40. The molecule has 1 aromatic rings. The fourth-order valence-electron chi connectivity index (χ4n) is 1.57. The van der Waals surface area contributed by atoms with E-state index in [1.807, 2.05) is 0 Å². The molecular weight excluding hydrogens is 286 g/mol. The van der Waals surface area contributed by atoms with E-state index in [1.54, 1.807) is 0 Å². The molecule has 0 aliphatic heterocycles. The van der Waals surface area contributed by atoms with Crippen molar-refractivity contribution in [2.75, 3.05) is 25.0 Å². The molecular formula is C13H14F2N2O4. The van der Waals surface area contributed by atoms with Gasteiger partial charge in [0.05, 0.1) is 17.9 Å². The molecule has 1 rings (SSSR count). The number of aromatic carboxylic acids is 1. The lowest BCUT2D eigenvalue weighted by molar-refractivity contribution is 0.0697. The molecule has 0 radical (unpaired) electrons. The van der Waals surface area contributed by atoms with Crippen LogP contribution in [0.5, 0.6) is 0 Å². The van der Waals surface area contributed by atoms with Crippen LogP contribution in [0.1, 0.15) is 10.4 Å². The van der Waals surface area contributed by atoms with E-state index in [0.717, 1.165) is 4.90 Å². The Morgan fingerprint density at radius 2 is 1.95 bits per heavy atom. The molecule has 3 N–H and O–H groups in total. The first-order valence-corrected chi connectivity index (χ1v) is 5.90. The van der Waals surface area contributed by atoms with Crippen molar-refractivity contribution in [3.8, 4) is 0 Å². The number of rotatable bonds is 6. The van der Waals surface area contributed by atoms with E-state index in [4.69, 9.17) is 10.2 Å². The number of aliphatic hydroxyl groups excluding tert-OH is 1. The number of carboxylic acid groups (broad SMARTS) is 1. The summed E-state index contributed by atoms with van der Waals surface area (Å²) >= 11 is 0. The van der Waals surface area contributed by atoms with Crippen molar-refractivity contribution in [3.05, 3.63) is 42.0 Å². The Bertz CT molecular complexity index is 563. The molecule has 8 heteroatoms. The monoisotopic (exact) mass is 300 g/mol. The number of carbonyl (C=O) groups is 2. The SMILES string of the molecule is C=CCN(CCO)C(=O)Nc1cc(F)c(F)cc1C(=O)O. The second-order valence-electron chi connectivity index (χ2n) is 4.01. The van der Waals surface area contributed by atoms with Gasteiger partial charge in [0.15, 0.2) is 11.6 Å². The molecule has 0 bridgehead atoms. The molecule has 0 aliphatic rings. The zero-order valence-corrected chi connectivity index (χ0v) is 11.0. The smallest absolute Gasteiger partial charge is 0.337 e. The number of halogens is 2. The second kappa shape index (κ2) is 7.34. The highest BCUT2D eigenvalue weighted by molar-refractivity contribution is 6.00. The summed E-state index contributed by atoms with van der Waals surface area (Å²) in [6.45, 7) is 3.19. The summed E-state index contributed by atoms with van der Waals surface area (Å²) in [5, 5.41) is 19.9. The van der Waals surface area contributed by atoms with Crippen molar-refractivity contribution in [3.63, 3.8) is 0 Å². The molecule has 21 heavy (non-hydrogen) atoms. The molecule has 0 aromatic heterocycles. The van der Waals surface area contributed by atoms with Gasteiger partial charge in [-0.05, 0) is 6.07 Å². The topological polar surface area (TPSA) is 89.9 Å². The largest absolute Gasteiger partial charge is 0.478 e. The normalized spacial score (nSPS) is 10.0. The number of carboxylic acids is 1. The van der Waals surface area contributed by atoms with Crippen molar-refractivity contribution in [2.24, 2.45) is 0 Å². The summed E-state index contributed by atoms with van der Waals surface area (Å²) in [6, 6.07) is 0.302. The van der Waals surface area contributed by atoms with Crippen molar-refractivity contribution < 1.29 is 28.6 Å². The van der Waals surface area contributed by atoms with Gasteiger partial charge in [-0.15, -0.1) is 6.58 Å². The van der Waals surface area contributed by atoms with Crippen molar-refractivity contribution in [2.45, 2.75) is 0 Å². The number of benzene rings is 1. The maximum atomic E-state index is 13.2. The number of hydrogen-bond donors (Lipinski definition) is 3. The Morgan fingerprint density at radius 3 is 2.48 bits per heavy atom. The number of aliphatic hydroxyl groups is 1. The molecule has 0 spiro atoms. The third-order valence-corrected chi connectivity index (χ3v) is 2.54. The molecule has 0 unspecified atom stereocenters. The van der Waals surface area contributed by atoms with Crippen LogP contribution < -0.4 is 5.32 Å². The third-order valence-electron chi connectivity index (χ3n) is 2.54. The molecule has 6 nitrogen and oxygen atoms in total. The van der Waals surface area contributed by atoms with Crippen LogP contribution in [0, 0.1) is 11.6 Å². The van der Waals surface area contributed by atoms with Crippen LogP contribution in [0.2, 0.25) is 0 Å². The molecule has 0 saturated heterocycles. The highest BCUT2D eigenvalue weighted by Crippen LogP contribution is 2.20. The zero-order chi connectivity index (χ0) is 16.0. The second-order valence-corrected chi connectivity index (χ2v) is 4.01. The summed E-state index contributed by atoms with van der Waals surface area (Å²) in [5.74, 6) is -4.13. The summed E-state index contributed by atoms with van der Waals surface area (Å²) in [5.41, 5.74) is -0.955. The van der Waals surface area contributed by atoms with Gasteiger partial charge < -0.3 is 20.4 Å². The lowest BCUT2D eigenvalue weighted by Crippen LogP contribution is -2.37. The van der Waals surface area contributed by atoms with Gasteiger partial charge >= 0.3 is 12.0 Å². The zero-order valence-electron chi connectivity index (χ0n) is 11.0. The van der Waals surface area contributed by atoms with Gasteiger partial charge in [0.2, 0.25) is 0 Å². The van der Waals surface area contributed by atoms with E-state index >= 15 is 0 Å². The highest BCUT2D eigenvalue weighted by atomic mass is 19.2. The Kier molecular flexibility index (Phi) is 5.79. The van der Waals surface area contributed by atoms with Crippen LogP contribution in [0.3, 0.4) is 0 Å². The molecule has 114 valence electrons. The number of nitrogens with zero attached hydrogens (tertiary/aromatic N) is 1. The highest BCUT2D eigenvalue weighted by Gasteiger charge is 2.19. The number of urea groups is 1. The van der Waals surface area contributed by atoms with Gasteiger partial charge in [-0.3, -0.25) is 0 Å². The van der Waals surface area contributed by atoms with E-state index in [-0.39, 0.29) is 25.4 Å². The van der Waals surface area contributed by atoms with E-state index in [9.17, 15) is 18.4 Å². The average molecular weight is 300 g/mol. The number of carbonyl (C=O) groups excluding carboxylic acids is 1. The summed E-state index contributed by atoms with van der Waals surface area (Å²) in [4.78, 5) is 24.0. The van der Waals surface area contributed by atoms with Gasteiger partial charge in [-0.1, -0.05) is 6.08 Å². The first kappa shape index (κ1) is 16.6. The van der Waals surface area contributed by atoms with Gasteiger partial charge in [0.25, 0.3) is 0 Å². The van der Waals surface area contributed by atoms with Gasteiger partial charge in [-0.2, -0.15) is 0 Å². The lowest BCUT2D eigenvalue weighted by Gasteiger charge is -2.21. The van der Waals surface area contributed by atoms with Crippen molar-refractivity contribution >= 4 is 17.7 Å². The number of hydrogen-bond acceptors (Lipinski definition) is 3. The summed E-state index contributed by atoms with van der Waals surface area (Å²) in [7, 11) is 0. The predicted molar refractivity (Wildman–Crippen MR) is 71.2 cm³/mol. The Morgan fingerprint density at radius 1 is 1.33 bits per heavy atom. The van der Waals surface area contributed by atoms with Crippen LogP contribution >= 0.6 is 0 Å². The number of anilines is 1. The first-order valence-electron chi connectivity index (χ1n) is 5.90. The minimum absolute atomic E-state index is 0.0239. The Labute approximate surface area is 119 Å². The van der Waals surface area contributed by atoms with E-state index < -0.39 is 29.2 Å². The maximum Gasteiger partial charge on any atom is 0.337 e. The predicted octanol–water partition coefficient (Wildman–Crippen LogP) is 1.68. The van der Waals surface area contributed by atoms with Gasteiger partial charge in [0, 0.05) is 19.2 Å². The molecule has 0 aliphatic carbocycles. The molecule has 0 saturated carbocycles. The first-order chi connectivity index (χ1) is 9.90.